The topological polar surface area (TPSA) is 26.3 Å². The van der Waals surface area contributed by atoms with Crippen molar-refractivity contribution in [2.45, 2.75) is 40.2 Å². The monoisotopic (exact) mass is 240 g/mol. The van der Waals surface area contributed by atoms with Crippen LogP contribution in [0, 0.1) is 5.92 Å². The number of ketones is 1. The lowest BCUT2D eigenvalue weighted by Crippen LogP contribution is -2.19. The van der Waals surface area contributed by atoms with Crippen LogP contribution < -0.4 is 0 Å². The zero-order valence-electron chi connectivity index (χ0n) is 10.4. The summed E-state index contributed by atoms with van der Waals surface area (Å²) in [4.78, 5) is 13.8. The van der Waals surface area contributed by atoms with Crippen LogP contribution in [-0.2, 0) is 11.2 Å². The number of hydrogen-bond acceptors (Lipinski definition) is 3. The largest absolute Gasteiger partial charge is 0.370 e. The molecule has 16 heavy (non-hydrogen) atoms. The molecule has 1 heterocycles. The Morgan fingerprint density at radius 2 is 2.06 bits per heavy atom. The van der Waals surface area contributed by atoms with Crippen molar-refractivity contribution in [2.75, 3.05) is 6.61 Å². The Labute approximate surface area is 102 Å². The molecular weight excluding hydrogens is 220 g/mol. The first-order valence-electron chi connectivity index (χ1n) is 5.78. The molecule has 1 aromatic rings. The van der Waals surface area contributed by atoms with Crippen LogP contribution in [0.3, 0.4) is 0 Å². The number of Topliss-reactive ketones (excluding diaryl/α,β-unsaturated/α-hetero) is 1. The predicted octanol–water partition coefficient (Wildman–Crippen LogP) is 3.55. The molecule has 3 heteroatoms. The Hall–Kier alpha value is -0.670. The van der Waals surface area contributed by atoms with Gasteiger partial charge in [0, 0.05) is 4.88 Å². The van der Waals surface area contributed by atoms with Gasteiger partial charge in [-0.05, 0) is 31.4 Å². The van der Waals surface area contributed by atoms with E-state index in [0.717, 1.165) is 11.3 Å². The molecule has 2 nitrogen and oxygen atoms in total. The third-order valence-corrected chi connectivity index (χ3v) is 3.97. The molecule has 0 bridgehead atoms. The lowest BCUT2D eigenvalue weighted by molar-refractivity contribution is 0.0339. The summed E-state index contributed by atoms with van der Waals surface area (Å²) in [6.45, 7) is 8.48. The molecule has 0 aliphatic heterocycles. The number of ether oxygens (including phenoxy) is 1. The first-order valence-corrected chi connectivity index (χ1v) is 6.59. The third-order valence-electron chi connectivity index (χ3n) is 2.70. The van der Waals surface area contributed by atoms with Gasteiger partial charge in [0.2, 0.25) is 0 Å². The smallest absolute Gasteiger partial charge is 0.198 e. The molecule has 0 saturated carbocycles. The highest BCUT2D eigenvalue weighted by atomic mass is 32.1. The van der Waals surface area contributed by atoms with E-state index in [-0.39, 0.29) is 18.5 Å². The normalized spacial score (nSPS) is 13.1. The predicted molar refractivity (Wildman–Crippen MR) is 68.3 cm³/mol. The average Bonchev–Trinajstić information content (AvgIpc) is 2.73. The second-order valence-corrected chi connectivity index (χ2v) is 5.47. The van der Waals surface area contributed by atoms with Crippen molar-refractivity contribution >= 4 is 17.1 Å². The second kappa shape index (κ2) is 6.16. The van der Waals surface area contributed by atoms with Crippen molar-refractivity contribution < 1.29 is 9.53 Å². The molecule has 0 saturated heterocycles. The fraction of sp³-hybridized carbons (Fsp3) is 0.615. The lowest BCUT2D eigenvalue weighted by atomic mass is 10.1. The third kappa shape index (κ3) is 3.72. The number of hydrogen-bond donors (Lipinski definition) is 0. The Kier molecular flexibility index (Phi) is 5.16. The summed E-state index contributed by atoms with van der Waals surface area (Å²) in [5.41, 5.74) is 0. The summed E-state index contributed by atoms with van der Waals surface area (Å²) in [6.07, 6.45) is 1.12. The fourth-order valence-corrected chi connectivity index (χ4v) is 2.06. The molecule has 1 atom stereocenters. The van der Waals surface area contributed by atoms with Gasteiger partial charge in [0.1, 0.15) is 6.61 Å². The van der Waals surface area contributed by atoms with Gasteiger partial charge in [-0.25, -0.2) is 0 Å². The number of carbonyl (C=O) groups is 1. The highest BCUT2D eigenvalue weighted by Crippen LogP contribution is 2.18. The van der Waals surface area contributed by atoms with E-state index in [0.29, 0.717) is 5.92 Å². The molecule has 0 aromatic carbocycles. The standard InChI is InChI=1S/C13H20O2S/c1-5-11-6-7-13(16-11)12(14)8-15-10(4)9(2)3/h6-7,9-10H,5,8H2,1-4H3. The number of rotatable bonds is 6. The van der Waals surface area contributed by atoms with Crippen molar-refractivity contribution in [2.24, 2.45) is 5.92 Å². The zero-order chi connectivity index (χ0) is 12.1. The minimum atomic E-state index is 0.0946. The number of thiophene rings is 1. The van der Waals surface area contributed by atoms with Crippen LogP contribution in [0.2, 0.25) is 0 Å². The maximum Gasteiger partial charge on any atom is 0.198 e. The van der Waals surface area contributed by atoms with Gasteiger partial charge < -0.3 is 4.74 Å². The van der Waals surface area contributed by atoms with Crippen LogP contribution >= 0.6 is 11.3 Å². The minimum Gasteiger partial charge on any atom is -0.370 e. The van der Waals surface area contributed by atoms with Gasteiger partial charge >= 0.3 is 0 Å². The van der Waals surface area contributed by atoms with Crippen molar-refractivity contribution in [3.63, 3.8) is 0 Å². The highest BCUT2D eigenvalue weighted by molar-refractivity contribution is 7.14. The summed E-state index contributed by atoms with van der Waals surface area (Å²) >= 11 is 1.57. The van der Waals surface area contributed by atoms with Crippen LogP contribution in [0.4, 0.5) is 0 Å². The summed E-state index contributed by atoms with van der Waals surface area (Å²) in [5, 5.41) is 0. The van der Waals surface area contributed by atoms with E-state index in [1.807, 2.05) is 19.1 Å². The molecule has 1 rings (SSSR count). The molecule has 1 aromatic heterocycles. The molecule has 0 N–H and O–H groups in total. The van der Waals surface area contributed by atoms with Crippen LogP contribution in [0.1, 0.15) is 42.2 Å². The van der Waals surface area contributed by atoms with Crippen LogP contribution in [0.15, 0.2) is 12.1 Å². The van der Waals surface area contributed by atoms with Crippen molar-refractivity contribution in [1.29, 1.82) is 0 Å². The van der Waals surface area contributed by atoms with Crippen molar-refractivity contribution in [3.05, 3.63) is 21.9 Å². The number of aryl methyl sites for hydroxylation is 1. The lowest BCUT2D eigenvalue weighted by Gasteiger charge is -2.15. The molecule has 0 radical (unpaired) electrons. The van der Waals surface area contributed by atoms with Gasteiger partial charge in [-0.2, -0.15) is 0 Å². The van der Waals surface area contributed by atoms with Crippen molar-refractivity contribution in [3.8, 4) is 0 Å². The Bertz CT molecular complexity index is 341. The minimum absolute atomic E-state index is 0.0946. The van der Waals surface area contributed by atoms with E-state index >= 15 is 0 Å². The maximum absolute atomic E-state index is 11.8. The van der Waals surface area contributed by atoms with Gasteiger partial charge in [0.15, 0.2) is 5.78 Å². The van der Waals surface area contributed by atoms with E-state index in [4.69, 9.17) is 4.74 Å². The first-order chi connectivity index (χ1) is 7.54. The average molecular weight is 240 g/mol. The quantitative estimate of drug-likeness (QED) is 0.711. The summed E-state index contributed by atoms with van der Waals surface area (Å²) < 4.78 is 5.52. The van der Waals surface area contributed by atoms with E-state index < -0.39 is 0 Å². The van der Waals surface area contributed by atoms with Gasteiger partial charge in [-0.15, -0.1) is 11.3 Å². The first kappa shape index (κ1) is 13.4. The molecule has 0 aliphatic carbocycles. The van der Waals surface area contributed by atoms with Crippen LogP contribution in [0.25, 0.3) is 0 Å². The van der Waals surface area contributed by atoms with Crippen molar-refractivity contribution in [1.82, 2.24) is 0 Å². The van der Waals surface area contributed by atoms with E-state index in [1.165, 1.54) is 4.88 Å². The molecule has 1 unspecified atom stereocenters. The van der Waals surface area contributed by atoms with Crippen LogP contribution in [0.5, 0.6) is 0 Å². The van der Waals surface area contributed by atoms with Gasteiger partial charge in [0.05, 0.1) is 11.0 Å². The number of carbonyl (C=O) groups excluding carboxylic acids is 1. The molecule has 90 valence electrons. The van der Waals surface area contributed by atoms with Gasteiger partial charge in [-0.3, -0.25) is 4.79 Å². The van der Waals surface area contributed by atoms with E-state index in [2.05, 4.69) is 20.8 Å². The van der Waals surface area contributed by atoms with Gasteiger partial charge in [0.25, 0.3) is 0 Å². The summed E-state index contributed by atoms with van der Waals surface area (Å²) in [6, 6.07) is 3.92. The van der Waals surface area contributed by atoms with Crippen LogP contribution in [-0.4, -0.2) is 18.5 Å². The molecule has 0 amide bonds. The highest BCUT2D eigenvalue weighted by Gasteiger charge is 2.13. The fourth-order valence-electron chi connectivity index (χ4n) is 1.19. The molecule has 0 aliphatic rings. The summed E-state index contributed by atoms with van der Waals surface area (Å²) in [5.74, 6) is 0.541. The Morgan fingerprint density at radius 1 is 1.38 bits per heavy atom. The van der Waals surface area contributed by atoms with E-state index in [9.17, 15) is 4.79 Å². The zero-order valence-corrected chi connectivity index (χ0v) is 11.3. The Balaban J connectivity index is 2.46. The SMILES string of the molecule is CCc1ccc(C(=O)COC(C)C(C)C)s1. The maximum atomic E-state index is 11.8. The van der Waals surface area contributed by atoms with E-state index in [1.54, 1.807) is 11.3 Å². The molecular formula is C13H20O2S. The second-order valence-electron chi connectivity index (χ2n) is 4.30. The molecule has 0 spiro atoms. The summed E-state index contributed by atoms with van der Waals surface area (Å²) in [7, 11) is 0. The molecule has 0 fully saturated rings. The Morgan fingerprint density at radius 3 is 2.56 bits per heavy atom. The van der Waals surface area contributed by atoms with Gasteiger partial charge in [-0.1, -0.05) is 20.8 Å².